The van der Waals surface area contributed by atoms with Gasteiger partial charge in [-0.15, -0.1) is 0 Å². The molecule has 0 atom stereocenters. The van der Waals surface area contributed by atoms with Crippen molar-refractivity contribution >= 4 is 21.7 Å². The molecule has 0 fully saturated rings. The van der Waals surface area contributed by atoms with Crippen LogP contribution in [-0.4, -0.2) is 19.6 Å². The van der Waals surface area contributed by atoms with Crippen molar-refractivity contribution in [3.63, 3.8) is 0 Å². The molecule has 0 aromatic heterocycles. The van der Waals surface area contributed by atoms with Crippen molar-refractivity contribution in [3.8, 4) is 17.6 Å². The van der Waals surface area contributed by atoms with Gasteiger partial charge in [0.15, 0.2) is 0 Å². The van der Waals surface area contributed by atoms with E-state index in [-0.39, 0.29) is 41.1 Å². The Labute approximate surface area is 156 Å². The summed E-state index contributed by atoms with van der Waals surface area (Å²) >= 11 is 5.76. The number of hydrogen-bond donors (Lipinski definition) is 0. The predicted octanol–water partition coefficient (Wildman–Crippen LogP) is -0.321. The minimum absolute atomic E-state index is 0. The molecule has 108 valence electrons. The molecule has 0 heterocycles. The second kappa shape index (κ2) is 8.59. The third kappa shape index (κ3) is 6.01. The fourth-order valence-corrected chi connectivity index (χ4v) is 2.09. The van der Waals surface area contributed by atoms with E-state index in [2.05, 4.69) is 11.8 Å². The van der Waals surface area contributed by atoms with Gasteiger partial charge in [0.2, 0.25) is 0 Å². The van der Waals surface area contributed by atoms with Crippen LogP contribution in [0.25, 0.3) is 0 Å². The van der Waals surface area contributed by atoms with E-state index in [9.17, 15) is 13.0 Å². The minimum atomic E-state index is -4.43. The first-order valence-electron chi connectivity index (χ1n) is 5.88. The molecule has 0 aliphatic rings. The first-order chi connectivity index (χ1) is 9.95. The quantitative estimate of drug-likeness (QED) is 0.435. The van der Waals surface area contributed by atoms with Crippen molar-refractivity contribution in [1.82, 2.24) is 0 Å². The van der Waals surface area contributed by atoms with Crippen molar-refractivity contribution in [1.29, 1.82) is 0 Å². The van der Waals surface area contributed by atoms with Crippen LogP contribution in [0, 0.1) is 11.8 Å². The molecule has 0 saturated carbocycles. The van der Waals surface area contributed by atoms with Crippen LogP contribution in [0.15, 0.2) is 53.4 Å². The van der Waals surface area contributed by atoms with Crippen LogP contribution in [0.1, 0.15) is 5.56 Å². The molecule has 0 saturated heterocycles. The Kier molecular flexibility index (Phi) is 7.43. The normalized spacial score (nSPS) is 10.1. The molecule has 2 aromatic rings. The third-order valence-corrected chi connectivity index (χ3v) is 3.60. The van der Waals surface area contributed by atoms with Gasteiger partial charge < -0.3 is 9.29 Å². The maximum Gasteiger partial charge on any atom is 1.00 e. The number of halogens is 1. The van der Waals surface area contributed by atoms with Crippen LogP contribution < -0.4 is 34.3 Å². The molecule has 0 unspecified atom stereocenters. The topological polar surface area (TPSA) is 66.4 Å². The van der Waals surface area contributed by atoms with Crippen molar-refractivity contribution in [2.75, 3.05) is 6.61 Å². The summed E-state index contributed by atoms with van der Waals surface area (Å²) < 4.78 is 37.6. The molecule has 0 bridgehead atoms. The molecule has 0 aliphatic carbocycles. The van der Waals surface area contributed by atoms with Crippen molar-refractivity contribution in [2.24, 2.45) is 0 Å². The molecule has 0 amide bonds. The largest absolute Gasteiger partial charge is 1.00 e. The minimum Gasteiger partial charge on any atom is -0.744 e. The van der Waals surface area contributed by atoms with E-state index in [1.807, 2.05) is 0 Å². The van der Waals surface area contributed by atoms with E-state index in [1.54, 1.807) is 24.3 Å². The Hall–Kier alpha value is -1.000. The van der Waals surface area contributed by atoms with Crippen molar-refractivity contribution in [3.05, 3.63) is 59.1 Å². The maximum atomic E-state index is 10.8. The molecule has 22 heavy (non-hydrogen) atoms. The molecular formula is C15H10ClNaO4S. The first-order valence-corrected chi connectivity index (χ1v) is 7.67. The smallest absolute Gasteiger partial charge is 0.744 e. The summed E-state index contributed by atoms with van der Waals surface area (Å²) in [6.45, 7) is 0.145. The van der Waals surface area contributed by atoms with Gasteiger partial charge in [-0.25, -0.2) is 8.42 Å². The van der Waals surface area contributed by atoms with Gasteiger partial charge in [-0.2, -0.15) is 0 Å². The van der Waals surface area contributed by atoms with Crippen molar-refractivity contribution < 1.29 is 47.3 Å². The zero-order valence-corrected chi connectivity index (χ0v) is 15.3. The number of hydrogen-bond acceptors (Lipinski definition) is 4. The monoisotopic (exact) mass is 344 g/mol. The Bertz CT molecular complexity index is 775. The van der Waals surface area contributed by atoms with E-state index in [0.29, 0.717) is 10.8 Å². The van der Waals surface area contributed by atoms with E-state index in [0.717, 1.165) is 5.56 Å². The Morgan fingerprint density at radius 3 is 2.18 bits per heavy atom. The first kappa shape index (κ1) is 19.0. The van der Waals surface area contributed by atoms with Gasteiger partial charge in [0.25, 0.3) is 0 Å². The van der Waals surface area contributed by atoms with Crippen LogP contribution in [0.4, 0.5) is 0 Å². The summed E-state index contributed by atoms with van der Waals surface area (Å²) in [5, 5.41) is 0.644. The molecule has 0 spiro atoms. The average Bonchev–Trinajstić information content (AvgIpc) is 2.45. The van der Waals surface area contributed by atoms with Crippen LogP contribution in [0.3, 0.4) is 0 Å². The van der Waals surface area contributed by atoms with E-state index in [1.165, 1.54) is 24.3 Å². The van der Waals surface area contributed by atoms with Crippen molar-refractivity contribution in [2.45, 2.75) is 4.90 Å². The second-order valence-electron chi connectivity index (χ2n) is 4.02. The fraction of sp³-hybridized carbons (Fsp3) is 0.0667. The molecule has 0 aliphatic heterocycles. The Morgan fingerprint density at radius 2 is 1.64 bits per heavy atom. The van der Waals surface area contributed by atoms with Gasteiger partial charge in [0, 0.05) is 10.6 Å². The van der Waals surface area contributed by atoms with E-state index in [4.69, 9.17) is 16.3 Å². The van der Waals surface area contributed by atoms with Gasteiger partial charge in [0.05, 0.1) is 4.90 Å². The molecule has 4 nitrogen and oxygen atoms in total. The second-order valence-corrected chi connectivity index (χ2v) is 5.84. The van der Waals surface area contributed by atoms with Gasteiger partial charge in [0.1, 0.15) is 22.5 Å². The zero-order valence-electron chi connectivity index (χ0n) is 11.7. The molecule has 7 heteroatoms. The van der Waals surface area contributed by atoms with Crippen LogP contribution in [0.2, 0.25) is 5.02 Å². The zero-order chi connectivity index (χ0) is 15.3. The summed E-state index contributed by atoms with van der Waals surface area (Å²) in [6, 6.07) is 12.3. The number of benzene rings is 2. The van der Waals surface area contributed by atoms with Gasteiger partial charge in [-0.1, -0.05) is 23.4 Å². The molecular weight excluding hydrogens is 335 g/mol. The molecule has 2 rings (SSSR count). The summed E-state index contributed by atoms with van der Waals surface area (Å²) in [7, 11) is -4.43. The van der Waals surface area contributed by atoms with Gasteiger partial charge in [-0.05, 0) is 48.5 Å². The Balaban J connectivity index is 0.00000242. The van der Waals surface area contributed by atoms with Crippen LogP contribution in [0.5, 0.6) is 5.75 Å². The predicted molar refractivity (Wildman–Crippen MR) is 78.2 cm³/mol. The summed E-state index contributed by atoms with van der Waals surface area (Å²) in [5.41, 5.74) is 0.816. The SMILES string of the molecule is O=S(=O)([O-])c1ccc(OCC#Cc2ccc(Cl)cc2)cc1.[Na+]. The van der Waals surface area contributed by atoms with Gasteiger partial charge in [-0.3, -0.25) is 0 Å². The van der Waals surface area contributed by atoms with Crippen LogP contribution in [-0.2, 0) is 10.1 Å². The van der Waals surface area contributed by atoms with E-state index < -0.39 is 10.1 Å². The third-order valence-electron chi connectivity index (χ3n) is 2.50. The van der Waals surface area contributed by atoms with E-state index >= 15 is 0 Å². The summed E-state index contributed by atoms with van der Waals surface area (Å²) in [6.07, 6.45) is 0. The molecule has 0 radical (unpaired) electrons. The number of rotatable bonds is 3. The number of ether oxygens (including phenoxy) is 1. The van der Waals surface area contributed by atoms with Gasteiger partial charge >= 0.3 is 29.6 Å². The maximum absolute atomic E-state index is 10.8. The standard InChI is InChI=1S/C15H11ClO4S.Na/c16-13-5-3-12(4-6-13)2-1-11-20-14-7-9-15(10-8-14)21(17,18)19;/h3-10H,11H2,(H,17,18,19);/q;+1/p-1. The molecule has 0 N–H and O–H groups in total. The average molecular weight is 345 g/mol. The fourth-order valence-electron chi connectivity index (χ4n) is 1.49. The molecule has 2 aromatic carbocycles. The summed E-state index contributed by atoms with van der Waals surface area (Å²) in [5.74, 6) is 6.16. The summed E-state index contributed by atoms with van der Waals surface area (Å²) in [4.78, 5) is -0.290. The van der Waals surface area contributed by atoms with Crippen LogP contribution >= 0.6 is 11.6 Å². The Morgan fingerprint density at radius 1 is 1.05 bits per heavy atom.